The number of benzene rings is 1. The zero-order valence-electron chi connectivity index (χ0n) is 11.3. The molecule has 1 aromatic carbocycles. The average molecular weight is 246 g/mol. The van der Waals surface area contributed by atoms with E-state index in [0.29, 0.717) is 12.1 Å². The number of nitrogens with one attached hydrogen (secondary N) is 1. The zero-order chi connectivity index (χ0) is 12.5. The summed E-state index contributed by atoms with van der Waals surface area (Å²) in [5, 5.41) is 3.61. The van der Waals surface area contributed by atoms with Crippen LogP contribution >= 0.6 is 0 Å². The lowest BCUT2D eigenvalue weighted by Crippen LogP contribution is -2.42. The number of nitrogens with zero attached hydrogens (tertiary/aromatic N) is 1. The minimum absolute atomic E-state index is 0.548. The molecule has 3 rings (SSSR count). The van der Waals surface area contributed by atoms with Gasteiger partial charge in [-0.2, -0.15) is 0 Å². The van der Waals surface area contributed by atoms with Crippen molar-refractivity contribution in [2.75, 3.05) is 31.6 Å². The minimum Gasteiger partial charge on any atom is -0.382 e. The van der Waals surface area contributed by atoms with Gasteiger partial charge in [0.05, 0.1) is 13.2 Å². The summed E-state index contributed by atoms with van der Waals surface area (Å²) in [6.45, 7) is 8.30. The Bertz CT molecular complexity index is 427. The van der Waals surface area contributed by atoms with E-state index >= 15 is 0 Å². The van der Waals surface area contributed by atoms with Crippen molar-refractivity contribution in [3.63, 3.8) is 0 Å². The summed E-state index contributed by atoms with van der Waals surface area (Å²) >= 11 is 0. The molecule has 1 saturated heterocycles. The molecule has 2 aliphatic heterocycles. The van der Waals surface area contributed by atoms with E-state index in [9.17, 15) is 0 Å². The van der Waals surface area contributed by atoms with Gasteiger partial charge in [-0.15, -0.1) is 0 Å². The van der Waals surface area contributed by atoms with Crippen LogP contribution in [0.2, 0.25) is 0 Å². The first-order valence-electron chi connectivity index (χ1n) is 6.93. The molecule has 1 fully saturated rings. The smallest absolute Gasteiger partial charge is 0.0594 e. The minimum atomic E-state index is 0.548. The predicted octanol–water partition coefficient (Wildman–Crippen LogP) is 2.57. The Morgan fingerprint density at radius 3 is 2.83 bits per heavy atom. The number of hydrogen-bond acceptors (Lipinski definition) is 3. The van der Waals surface area contributed by atoms with E-state index in [1.165, 1.54) is 23.2 Å². The number of ether oxygens (including phenoxy) is 1. The molecule has 3 nitrogen and oxygen atoms in total. The van der Waals surface area contributed by atoms with Crippen LogP contribution in [0.1, 0.15) is 30.5 Å². The fraction of sp³-hybridized carbons (Fsp3) is 0.600. The van der Waals surface area contributed by atoms with E-state index in [4.69, 9.17) is 4.74 Å². The van der Waals surface area contributed by atoms with Gasteiger partial charge in [-0.05, 0) is 37.5 Å². The lowest BCUT2D eigenvalue weighted by atomic mass is 9.91. The van der Waals surface area contributed by atoms with E-state index in [1.54, 1.807) is 0 Å². The quantitative estimate of drug-likeness (QED) is 0.824. The van der Waals surface area contributed by atoms with Crippen molar-refractivity contribution in [3.8, 4) is 0 Å². The Morgan fingerprint density at radius 1 is 1.28 bits per heavy atom. The molecule has 1 N–H and O–H groups in total. The van der Waals surface area contributed by atoms with Crippen molar-refractivity contribution in [2.45, 2.75) is 32.4 Å². The molecule has 0 spiro atoms. The fourth-order valence-corrected chi connectivity index (χ4v) is 3.11. The molecule has 0 aromatic heterocycles. The van der Waals surface area contributed by atoms with Crippen LogP contribution in [0, 0.1) is 6.92 Å². The molecule has 1 aromatic rings. The van der Waals surface area contributed by atoms with Crippen molar-refractivity contribution < 1.29 is 4.74 Å². The molecule has 0 aliphatic carbocycles. The van der Waals surface area contributed by atoms with Crippen molar-refractivity contribution >= 4 is 5.69 Å². The standard InChI is InChI=1S/C15H22N2O/c1-11-3-4-13-14(9-11)16-12(2)10-15(13)17-5-7-18-8-6-17/h3-4,9,12,15-16H,5-8,10H2,1-2H3. The van der Waals surface area contributed by atoms with Gasteiger partial charge in [0, 0.05) is 30.9 Å². The third-order valence-electron chi connectivity index (χ3n) is 4.03. The first-order valence-corrected chi connectivity index (χ1v) is 6.93. The molecule has 98 valence electrons. The van der Waals surface area contributed by atoms with Crippen molar-refractivity contribution in [3.05, 3.63) is 29.3 Å². The summed E-state index contributed by atoms with van der Waals surface area (Å²) in [7, 11) is 0. The van der Waals surface area contributed by atoms with Crippen LogP contribution < -0.4 is 5.32 Å². The van der Waals surface area contributed by atoms with Crippen LogP contribution in [0.5, 0.6) is 0 Å². The summed E-state index contributed by atoms with van der Waals surface area (Å²) in [6, 6.07) is 7.90. The highest BCUT2D eigenvalue weighted by Gasteiger charge is 2.29. The second-order valence-corrected chi connectivity index (χ2v) is 5.54. The lowest BCUT2D eigenvalue weighted by molar-refractivity contribution is 0.0127. The fourth-order valence-electron chi connectivity index (χ4n) is 3.11. The summed E-state index contributed by atoms with van der Waals surface area (Å²) in [6.07, 6.45) is 1.19. The summed E-state index contributed by atoms with van der Waals surface area (Å²) < 4.78 is 5.47. The van der Waals surface area contributed by atoms with Crippen LogP contribution in [0.15, 0.2) is 18.2 Å². The predicted molar refractivity (Wildman–Crippen MR) is 74.0 cm³/mol. The van der Waals surface area contributed by atoms with Gasteiger partial charge < -0.3 is 10.1 Å². The maximum Gasteiger partial charge on any atom is 0.0594 e. The first-order chi connectivity index (χ1) is 8.74. The molecule has 0 amide bonds. The molecule has 2 unspecified atom stereocenters. The highest BCUT2D eigenvalue weighted by molar-refractivity contribution is 5.57. The van der Waals surface area contributed by atoms with Crippen LogP contribution in [-0.4, -0.2) is 37.2 Å². The summed E-state index contributed by atoms with van der Waals surface area (Å²) in [4.78, 5) is 2.58. The number of hydrogen-bond donors (Lipinski definition) is 1. The summed E-state index contributed by atoms with van der Waals surface area (Å²) in [5.74, 6) is 0. The SMILES string of the molecule is Cc1ccc2c(c1)NC(C)CC2N1CCOCC1. The van der Waals surface area contributed by atoms with Crippen LogP contribution in [0.4, 0.5) is 5.69 Å². The van der Waals surface area contributed by atoms with E-state index in [1.807, 2.05) is 0 Å². The molecule has 18 heavy (non-hydrogen) atoms. The van der Waals surface area contributed by atoms with Crippen molar-refractivity contribution in [2.24, 2.45) is 0 Å². The zero-order valence-corrected chi connectivity index (χ0v) is 11.3. The Kier molecular flexibility index (Phi) is 3.27. The normalized spacial score (nSPS) is 28.6. The van der Waals surface area contributed by atoms with Gasteiger partial charge in [0.1, 0.15) is 0 Å². The molecular weight excluding hydrogens is 224 g/mol. The Morgan fingerprint density at radius 2 is 2.06 bits per heavy atom. The number of anilines is 1. The van der Waals surface area contributed by atoms with E-state index in [0.717, 1.165) is 26.3 Å². The maximum absolute atomic E-state index is 5.47. The second kappa shape index (κ2) is 4.90. The highest BCUT2D eigenvalue weighted by atomic mass is 16.5. The molecule has 0 bridgehead atoms. The van der Waals surface area contributed by atoms with Gasteiger partial charge in [-0.3, -0.25) is 4.90 Å². The monoisotopic (exact) mass is 246 g/mol. The van der Waals surface area contributed by atoms with Gasteiger partial charge in [0.25, 0.3) is 0 Å². The number of rotatable bonds is 1. The van der Waals surface area contributed by atoms with Crippen LogP contribution in [-0.2, 0) is 4.74 Å². The average Bonchev–Trinajstić information content (AvgIpc) is 2.38. The van der Waals surface area contributed by atoms with Crippen LogP contribution in [0.3, 0.4) is 0 Å². The van der Waals surface area contributed by atoms with Crippen LogP contribution in [0.25, 0.3) is 0 Å². The first kappa shape index (κ1) is 12.0. The van der Waals surface area contributed by atoms with E-state index in [2.05, 4.69) is 42.3 Å². The van der Waals surface area contributed by atoms with Gasteiger partial charge >= 0.3 is 0 Å². The van der Waals surface area contributed by atoms with Gasteiger partial charge in [-0.25, -0.2) is 0 Å². The third kappa shape index (κ3) is 2.25. The second-order valence-electron chi connectivity index (χ2n) is 5.54. The molecule has 2 atom stereocenters. The Balaban J connectivity index is 1.91. The number of aryl methyl sites for hydroxylation is 1. The third-order valence-corrected chi connectivity index (χ3v) is 4.03. The van der Waals surface area contributed by atoms with Gasteiger partial charge in [0.15, 0.2) is 0 Å². The van der Waals surface area contributed by atoms with Crippen molar-refractivity contribution in [1.82, 2.24) is 4.90 Å². The van der Waals surface area contributed by atoms with E-state index < -0.39 is 0 Å². The maximum atomic E-state index is 5.47. The molecule has 2 aliphatic rings. The molecule has 0 radical (unpaired) electrons. The Labute approximate surface area is 109 Å². The molecule has 0 saturated carbocycles. The highest BCUT2D eigenvalue weighted by Crippen LogP contribution is 2.37. The van der Waals surface area contributed by atoms with Crippen molar-refractivity contribution in [1.29, 1.82) is 0 Å². The molecular formula is C15H22N2O. The Hall–Kier alpha value is -1.06. The summed E-state index contributed by atoms with van der Waals surface area (Å²) in [5.41, 5.74) is 4.11. The van der Waals surface area contributed by atoms with E-state index in [-0.39, 0.29) is 0 Å². The molecule has 3 heteroatoms. The number of morpholine rings is 1. The van der Waals surface area contributed by atoms with Gasteiger partial charge in [0.2, 0.25) is 0 Å². The lowest BCUT2D eigenvalue weighted by Gasteiger charge is -2.40. The number of fused-ring (bicyclic) bond motifs is 1. The topological polar surface area (TPSA) is 24.5 Å². The molecule has 2 heterocycles. The van der Waals surface area contributed by atoms with Gasteiger partial charge in [-0.1, -0.05) is 12.1 Å². The largest absolute Gasteiger partial charge is 0.382 e.